The number of nitrogens with zero attached hydrogens (tertiary/aromatic N) is 4. The van der Waals surface area contributed by atoms with Crippen LogP contribution in [0.1, 0.15) is 0 Å². The van der Waals surface area contributed by atoms with Gasteiger partial charge in [0.15, 0.2) is 23.2 Å². The Balaban J connectivity index is 0.915. The first-order valence-corrected chi connectivity index (χ1v) is 22.1. The molecule has 4 nitrogen and oxygen atoms in total. The smallest absolute Gasteiger partial charge is 0.187 e. The molecule has 1 heterocycles. The van der Waals surface area contributed by atoms with Gasteiger partial charge in [0.25, 0.3) is 0 Å². The summed E-state index contributed by atoms with van der Waals surface area (Å²) in [5.74, 6) is 1.81. The average molecular weight is 839 g/mol. The third kappa shape index (κ3) is 6.93. The lowest BCUT2D eigenvalue weighted by Crippen LogP contribution is -2.01. The average Bonchev–Trinajstić information content (AvgIpc) is 3.73. The Morgan fingerprint density at radius 1 is 0.258 bits per heavy atom. The second kappa shape index (κ2) is 16.3. The highest BCUT2D eigenvalue weighted by molar-refractivity contribution is 6.15. The van der Waals surface area contributed by atoms with Gasteiger partial charge >= 0.3 is 0 Å². The van der Waals surface area contributed by atoms with E-state index in [1.54, 1.807) is 0 Å². The Hall–Kier alpha value is -9.04. The highest BCUT2D eigenvalue weighted by atomic mass is 15.0. The minimum atomic E-state index is 0.595. The lowest BCUT2D eigenvalue weighted by Gasteiger charge is -2.15. The molecule has 0 radical (unpaired) electrons. The van der Waals surface area contributed by atoms with Crippen molar-refractivity contribution >= 4 is 16.5 Å². The summed E-state index contributed by atoms with van der Waals surface area (Å²) in [6.07, 6.45) is 0. The molecule has 1 aliphatic carbocycles. The topological polar surface area (TPSA) is 43.0 Å². The third-order valence-corrected chi connectivity index (χ3v) is 12.7. The van der Waals surface area contributed by atoms with Crippen LogP contribution >= 0.6 is 0 Å². The van der Waals surface area contributed by atoms with Gasteiger partial charge in [-0.15, -0.1) is 0 Å². The van der Waals surface area contributed by atoms with Gasteiger partial charge in [0.1, 0.15) is 0 Å². The third-order valence-electron chi connectivity index (χ3n) is 12.7. The van der Waals surface area contributed by atoms with Crippen molar-refractivity contribution in [1.29, 1.82) is 0 Å². The molecule has 1 aliphatic rings. The van der Waals surface area contributed by atoms with Crippen LogP contribution in [-0.4, -0.2) is 15.0 Å². The molecule has 0 atom stereocenters. The molecule has 0 fully saturated rings. The molecular weight excluding hydrogens is 801 g/mol. The zero-order chi connectivity index (χ0) is 44.0. The molecule has 0 saturated carbocycles. The standard InChI is InChI=1S/C62H38N4/c1-63-50-33-35-52(57(39-50)42-30-28-41(29-31-42)46-32-34-53-54-26-12-18-43-19-13-27-55(59(43)54)58(53)38-46)48-22-11-21-47(37-48)51-24-8-9-25-56(51)62-65-60(44-16-6-3-7-17-44)64-61(66-62)49-23-10-20-45(36-49)40-14-4-2-5-15-40/h2-39H. The zero-order valence-electron chi connectivity index (χ0n) is 35.7. The van der Waals surface area contributed by atoms with Crippen LogP contribution in [0.3, 0.4) is 0 Å². The summed E-state index contributed by atoms with van der Waals surface area (Å²) in [7, 11) is 0. The molecule has 66 heavy (non-hydrogen) atoms. The summed E-state index contributed by atoms with van der Waals surface area (Å²) in [5, 5.41) is 2.61. The Kier molecular flexibility index (Phi) is 9.51. The predicted octanol–water partition coefficient (Wildman–Crippen LogP) is 16.6. The summed E-state index contributed by atoms with van der Waals surface area (Å²) >= 11 is 0. The zero-order valence-corrected chi connectivity index (χ0v) is 35.7. The van der Waals surface area contributed by atoms with E-state index < -0.39 is 0 Å². The maximum absolute atomic E-state index is 7.92. The SMILES string of the molecule is [C-]#[N+]c1ccc(-c2cccc(-c3ccccc3-c3nc(-c4ccccc4)nc(-c4cccc(-c5ccccc5)c4)n3)c2)c(-c2ccc(-c3ccc4c(c3)-c3cccc5cccc-4c35)cc2)c1. The van der Waals surface area contributed by atoms with E-state index in [2.05, 4.69) is 181 Å². The highest BCUT2D eigenvalue weighted by Gasteiger charge is 2.22. The second-order valence-electron chi connectivity index (χ2n) is 16.6. The molecule has 12 rings (SSSR count). The molecule has 0 unspecified atom stereocenters. The predicted molar refractivity (Wildman–Crippen MR) is 272 cm³/mol. The normalized spacial score (nSPS) is 11.3. The molecule has 0 amide bonds. The van der Waals surface area contributed by atoms with E-state index in [4.69, 9.17) is 21.5 Å². The molecule has 0 aliphatic heterocycles. The van der Waals surface area contributed by atoms with E-state index in [1.807, 2.05) is 54.6 Å². The molecule has 0 N–H and O–H groups in total. The Morgan fingerprint density at radius 2 is 0.727 bits per heavy atom. The van der Waals surface area contributed by atoms with Crippen LogP contribution in [0.4, 0.5) is 5.69 Å². The monoisotopic (exact) mass is 838 g/mol. The van der Waals surface area contributed by atoms with Crippen molar-refractivity contribution in [3.8, 4) is 112 Å². The van der Waals surface area contributed by atoms with Gasteiger partial charge in [-0.1, -0.05) is 206 Å². The van der Waals surface area contributed by atoms with Crippen molar-refractivity contribution in [3.63, 3.8) is 0 Å². The van der Waals surface area contributed by atoms with Crippen LogP contribution in [0.25, 0.3) is 128 Å². The van der Waals surface area contributed by atoms with E-state index in [9.17, 15) is 0 Å². The van der Waals surface area contributed by atoms with Crippen molar-refractivity contribution in [1.82, 2.24) is 15.0 Å². The summed E-state index contributed by atoms with van der Waals surface area (Å²) in [5.41, 5.74) is 19.2. The largest absolute Gasteiger partial charge is 0.238 e. The fraction of sp³-hybridized carbons (Fsp3) is 0. The van der Waals surface area contributed by atoms with Gasteiger partial charge < -0.3 is 0 Å². The van der Waals surface area contributed by atoms with Gasteiger partial charge in [-0.25, -0.2) is 19.8 Å². The number of aromatic nitrogens is 3. The van der Waals surface area contributed by atoms with Gasteiger partial charge in [0.05, 0.1) is 6.57 Å². The van der Waals surface area contributed by atoms with Crippen LogP contribution in [-0.2, 0) is 0 Å². The van der Waals surface area contributed by atoms with E-state index in [0.29, 0.717) is 23.2 Å². The Bertz CT molecular complexity index is 3690. The van der Waals surface area contributed by atoms with Crippen molar-refractivity contribution in [2.45, 2.75) is 0 Å². The quantitative estimate of drug-likeness (QED) is 0.143. The molecule has 306 valence electrons. The van der Waals surface area contributed by atoms with E-state index in [-0.39, 0.29) is 0 Å². The molecular formula is C62H38N4. The van der Waals surface area contributed by atoms with E-state index in [1.165, 1.54) is 38.6 Å². The Morgan fingerprint density at radius 3 is 1.45 bits per heavy atom. The van der Waals surface area contributed by atoms with Crippen LogP contribution in [0.5, 0.6) is 0 Å². The molecule has 10 aromatic carbocycles. The van der Waals surface area contributed by atoms with Crippen molar-refractivity contribution in [3.05, 3.63) is 242 Å². The van der Waals surface area contributed by atoms with Gasteiger partial charge in [-0.05, 0) is 113 Å². The summed E-state index contributed by atoms with van der Waals surface area (Å²) in [6.45, 7) is 7.92. The van der Waals surface area contributed by atoms with Gasteiger partial charge in [-0.2, -0.15) is 0 Å². The number of hydrogen-bond acceptors (Lipinski definition) is 3. The summed E-state index contributed by atoms with van der Waals surface area (Å²) in [6, 6.07) is 80.6. The lowest BCUT2D eigenvalue weighted by atomic mass is 9.90. The van der Waals surface area contributed by atoms with Crippen LogP contribution in [0.15, 0.2) is 231 Å². The van der Waals surface area contributed by atoms with Crippen LogP contribution in [0.2, 0.25) is 0 Å². The summed E-state index contributed by atoms with van der Waals surface area (Å²) in [4.78, 5) is 19.2. The molecule has 4 heteroatoms. The minimum Gasteiger partial charge on any atom is -0.238 e. The molecule has 0 saturated heterocycles. The molecule has 11 aromatic rings. The Labute approximate surface area is 383 Å². The molecule has 1 aromatic heterocycles. The number of benzene rings is 10. The first kappa shape index (κ1) is 38.6. The van der Waals surface area contributed by atoms with Crippen molar-refractivity contribution < 1.29 is 0 Å². The van der Waals surface area contributed by atoms with E-state index >= 15 is 0 Å². The number of fused-ring (bicyclic) bond motifs is 3. The first-order chi connectivity index (χ1) is 32.6. The number of rotatable bonds is 8. The minimum absolute atomic E-state index is 0.595. The number of hydrogen-bond donors (Lipinski definition) is 0. The highest BCUT2D eigenvalue weighted by Crippen LogP contribution is 2.48. The first-order valence-electron chi connectivity index (χ1n) is 22.1. The second-order valence-corrected chi connectivity index (χ2v) is 16.6. The van der Waals surface area contributed by atoms with Crippen LogP contribution in [0, 0.1) is 6.57 Å². The fourth-order valence-electron chi connectivity index (χ4n) is 9.50. The van der Waals surface area contributed by atoms with Crippen LogP contribution < -0.4 is 0 Å². The van der Waals surface area contributed by atoms with Crippen molar-refractivity contribution in [2.75, 3.05) is 0 Å². The van der Waals surface area contributed by atoms with Gasteiger partial charge in [0.2, 0.25) is 0 Å². The summed E-state index contributed by atoms with van der Waals surface area (Å²) < 4.78 is 0. The lowest BCUT2D eigenvalue weighted by molar-refractivity contribution is 1.07. The maximum atomic E-state index is 7.92. The van der Waals surface area contributed by atoms with E-state index in [0.717, 1.165) is 66.8 Å². The fourth-order valence-corrected chi connectivity index (χ4v) is 9.50. The van der Waals surface area contributed by atoms with Gasteiger partial charge in [-0.3, -0.25) is 0 Å². The van der Waals surface area contributed by atoms with Gasteiger partial charge in [0, 0.05) is 16.7 Å². The maximum Gasteiger partial charge on any atom is 0.187 e. The molecule has 0 bridgehead atoms. The molecule has 0 spiro atoms. The van der Waals surface area contributed by atoms with Crippen molar-refractivity contribution in [2.24, 2.45) is 0 Å².